The molecule has 1 atom stereocenters. The minimum atomic E-state index is -0.519. The highest BCUT2D eigenvalue weighted by atomic mass is 16.5. The zero-order valence-corrected chi connectivity index (χ0v) is 14.1. The topological polar surface area (TPSA) is 65.1 Å². The summed E-state index contributed by atoms with van der Waals surface area (Å²) in [6.45, 7) is 3.53. The molecule has 0 aromatic heterocycles. The average molecular weight is 331 g/mol. The summed E-state index contributed by atoms with van der Waals surface area (Å²) in [6.07, 6.45) is 0.869. The van der Waals surface area contributed by atoms with Crippen LogP contribution in [0.5, 0.6) is 17.2 Å². The summed E-state index contributed by atoms with van der Waals surface area (Å²) in [4.78, 5) is 25.5. The van der Waals surface area contributed by atoms with Crippen molar-refractivity contribution >= 4 is 5.69 Å². The quantitative estimate of drug-likeness (QED) is 0.751. The molecule has 1 heterocycles. The number of rotatable bonds is 6. The van der Waals surface area contributed by atoms with Crippen molar-refractivity contribution < 1.29 is 14.2 Å². The van der Waals surface area contributed by atoms with Crippen molar-refractivity contribution in [1.82, 2.24) is 0 Å². The molecule has 6 nitrogen and oxygen atoms in total. The first-order valence-electron chi connectivity index (χ1n) is 8.03. The van der Waals surface area contributed by atoms with Gasteiger partial charge < -0.3 is 19.1 Å². The SMILES string of the molecule is CCOc1c(N2CC[C@@H](c3cc(OC)ccc3OC)C2)c(=O)c1=O. The van der Waals surface area contributed by atoms with E-state index in [1.165, 1.54) is 0 Å². The van der Waals surface area contributed by atoms with Crippen LogP contribution >= 0.6 is 0 Å². The van der Waals surface area contributed by atoms with Crippen molar-refractivity contribution in [2.45, 2.75) is 19.3 Å². The Balaban J connectivity index is 1.85. The van der Waals surface area contributed by atoms with Gasteiger partial charge in [0.15, 0.2) is 5.75 Å². The molecule has 0 bridgehead atoms. The van der Waals surface area contributed by atoms with Crippen molar-refractivity contribution in [1.29, 1.82) is 0 Å². The Labute approximate surface area is 140 Å². The molecule has 1 aliphatic rings. The predicted molar refractivity (Wildman–Crippen MR) is 91.6 cm³/mol. The minimum Gasteiger partial charge on any atom is -0.497 e. The Morgan fingerprint density at radius 1 is 1.17 bits per heavy atom. The highest BCUT2D eigenvalue weighted by Crippen LogP contribution is 2.38. The van der Waals surface area contributed by atoms with Crippen molar-refractivity contribution in [2.24, 2.45) is 0 Å². The van der Waals surface area contributed by atoms with Crippen LogP contribution in [-0.4, -0.2) is 33.9 Å². The van der Waals surface area contributed by atoms with Crippen molar-refractivity contribution in [3.63, 3.8) is 0 Å². The van der Waals surface area contributed by atoms with Gasteiger partial charge in [0.1, 0.15) is 17.2 Å². The molecule has 3 rings (SSSR count). The third kappa shape index (κ3) is 2.62. The fourth-order valence-electron chi connectivity index (χ4n) is 3.30. The molecule has 0 spiro atoms. The van der Waals surface area contributed by atoms with Crippen molar-refractivity contribution in [2.75, 3.05) is 38.8 Å². The number of methoxy groups -OCH3 is 2. The van der Waals surface area contributed by atoms with Crippen LogP contribution < -0.4 is 30.0 Å². The van der Waals surface area contributed by atoms with Crippen LogP contribution in [0.25, 0.3) is 0 Å². The van der Waals surface area contributed by atoms with E-state index in [9.17, 15) is 9.59 Å². The molecule has 1 fully saturated rings. The van der Waals surface area contributed by atoms with E-state index in [2.05, 4.69) is 0 Å². The van der Waals surface area contributed by atoms with Gasteiger partial charge in [-0.3, -0.25) is 9.59 Å². The van der Waals surface area contributed by atoms with Crippen LogP contribution in [0.15, 0.2) is 27.8 Å². The Morgan fingerprint density at radius 2 is 1.96 bits per heavy atom. The van der Waals surface area contributed by atoms with E-state index in [1.54, 1.807) is 21.1 Å². The van der Waals surface area contributed by atoms with Gasteiger partial charge >= 0.3 is 0 Å². The molecule has 0 amide bonds. The lowest BCUT2D eigenvalue weighted by Crippen LogP contribution is -2.40. The van der Waals surface area contributed by atoms with Gasteiger partial charge in [0.05, 0.1) is 20.8 Å². The fourth-order valence-corrected chi connectivity index (χ4v) is 3.30. The number of benzene rings is 1. The Hall–Kier alpha value is -2.50. The summed E-state index contributed by atoms with van der Waals surface area (Å²) in [7, 11) is 3.27. The first kappa shape index (κ1) is 16.4. The molecular formula is C18H21NO5. The predicted octanol–water partition coefficient (Wildman–Crippen LogP) is 1.69. The highest BCUT2D eigenvalue weighted by molar-refractivity contribution is 5.64. The van der Waals surface area contributed by atoms with E-state index in [0.29, 0.717) is 25.4 Å². The van der Waals surface area contributed by atoms with Gasteiger partial charge in [-0.25, -0.2) is 0 Å². The Kier molecular flexibility index (Phi) is 4.46. The summed E-state index contributed by atoms with van der Waals surface area (Å²) in [5.74, 6) is 1.99. The molecule has 0 saturated carbocycles. The lowest BCUT2D eigenvalue weighted by Gasteiger charge is -2.22. The van der Waals surface area contributed by atoms with Crippen LogP contribution in [0.2, 0.25) is 0 Å². The number of ether oxygens (including phenoxy) is 3. The largest absolute Gasteiger partial charge is 0.497 e. The standard InChI is InChI=1S/C18H21NO5/c1-4-24-18-15(16(20)17(18)21)19-8-7-11(10-19)13-9-12(22-2)5-6-14(13)23-3/h5-6,9,11H,4,7-8,10H2,1-3H3/t11-/m1/s1. The molecule has 0 aliphatic carbocycles. The maximum absolute atomic E-state index is 11.9. The van der Waals surface area contributed by atoms with Gasteiger partial charge in [0.25, 0.3) is 10.9 Å². The molecule has 1 aliphatic heterocycles. The number of hydrogen-bond acceptors (Lipinski definition) is 6. The fraction of sp³-hybridized carbons (Fsp3) is 0.444. The summed E-state index contributed by atoms with van der Waals surface area (Å²) in [5, 5.41) is 0. The highest BCUT2D eigenvalue weighted by Gasteiger charge is 2.34. The van der Waals surface area contributed by atoms with Crippen LogP contribution in [0.1, 0.15) is 24.8 Å². The van der Waals surface area contributed by atoms with E-state index < -0.39 is 10.9 Å². The van der Waals surface area contributed by atoms with E-state index in [0.717, 1.165) is 23.5 Å². The molecule has 6 heteroatoms. The third-order valence-corrected chi connectivity index (χ3v) is 4.51. The van der Waals surface area contributed by atoms with E-state index in [1.807, 2.05) is 23.1 Å². The van der Waals surface area contributed by atoms with Gasteiger partial charge in [0, 0.05) is 24.6 Å². The second-order valence-corrected chi connectivity index (χ2v) is 5.81. The van der Waals surface area contributed by atoms with Crippen LogP contribution in [0.3, 0.4) is 0 Å². The Bertz CT molecular complexity index is 806. The summed E-state index contributed by atoms with van der Waals surface area (Å²) < 4.78 is 16.1. The van der Waals surface area contributed by atoms with E-state index in [-0.39, 0.29) is 11.7 Å². The number of anilines is 1. The lowest BCUT2D eigenvalue weighted by atomic mass is 9.97. The molecule has 2 aromatic carbocycles. The average Bonchev–Trinajstić information content (AvgIpc) is 3.09. The molecule has 2 aromatic rings. The molecular weight excluding hydrogens is 310 g/mol. The normalized spacial score (nSPS) is 17.3. The van der Waals surface area contributed by atoms with Gasteiger partial charge in [-0.1, -0.05) is 0 Å². The van der Waals surface area contributed by atoms with Gasteiger partial charge in [-0.15, -0.1) is 0 Å². The van der Waals surface area contributed by atoms with Gasteiger partial charge in [-0.2, -0.15) is 0 Å². The Morgan fingerprint density at radius 3 is 2.62 bits per heavy atom. The van der Waals surface area contributed by atoms with Crippen LogP contribution in [-0.2, 0) is 0 Å². The first-order chi connectivity index (χ1) is 11.6. The van der Waals surface area contributed by atoms with Gasteiger partial charge in [-0.05, 0) is 31.5 Å². The molecule has 128 valence electrons. The molecule has 0 unspecified atom stereocenters. The zero-order chi connectivity index (χ0) is 17.3. The third-order valence-electron chi connectivity index (χ3n) is 4.51. The van der Waals surface area contributed by atoms with Crippen LogP contribution in [0.4, 0.5) is 5.69 Å². The van der Waals surface area contributed by atoms with Crippen molar-refractivity contribution in [3.8, 4) is 17.2 Å². The first-order valence-corrected chi connectivity index (χ1v) is 8.03. The summed E-state index contributed by atoms with van der Waals surface area (Å²) in [5.41, 5.74) is 0.508. The summed E-state index contributed by atoms with van der Waals surface area (Å²) >= 11 is 0. The number of hydrogen-bond donors (Lipinski definition) is 0. The monoisotopic (exact) mass is 331 g/mol. The second-order valence-electron chi connectivity index (χ2n) is 5.81. The maximum atomic E-state index is 11.9. The van der Waals surface area contributed by atoms with E-state index >= 15 is 0 Å². The molecule has 0 radical (unpaired) electrons. The van der Waals surface area contributed by atoms with Gasteiger partial charge in [0.2, 0.25) is 0 Å². The molecule has 0 N–H and O–H groups in total. The minimum absolute atomic E-state index is 0.203. The van der Waals surface area contributed by atoms with Crippen LogP contribution in [0, 0.1) is 0 Å². The van der Waals surface area contributed by atoms with E-state index in [4.69, 9.17) is 14.2 Å². The smallest absolute Gasteiger partial charge is 0.272 e. The molecule has 1 saturated heterocycles. The number of nitrogens with zero attached hydrogens (tertiary/aromatic N) is 1. The maximum Gasteiger partial charge on any atom is 0.272 e. The lowest BCUT2D eigenvalue weighted by molar-refractivity contribution is 0.333. The zero-order valence-electron chi connectivity index (χ0n) is 14.1. The molecule has 24 heavy (non-hydrogen) atoms. The second kappa shape index (κ2) is 6.55. The van der Waals surface area contributed by atoms with Crippen molar-refractivity contribution in [3.05, 3.63) is 44.2 Å². The summed E-state index contributed by atoms with van der Waals surface area (Å²) in [6, 6.07) is 5.72.